The number of ether oxygens (including phenoxy) is 2. The highest BCUT2D eigenvalue weighted by Crippen LogP contribution is 2.28. The molecule has 0 radical (unpaired) electrons. The second-order valence-corrected chi connectivity index (χ2v) is 4.85. The van der Waals surface area contributed by atoms with Crippen LogP contribution in [0.3, 0.4) is 0 Å². The van der Waals surface area contributed by atoms with Gasteiger partial charge in [0.2, 0.25) is 0 Å². The van der Waals surface area contributed by atoms with E-state index in [1.807, 2.05) is 37.3 Å². The number of hydrogen-bond donors (Lipinski definition) is 1. The maximum Gasteiger partial charge on any atom is 0.161 e. The van der Waals surface area contributed by atoms with Gasteiger partial charge in [-0.3, -0.25) is 4.98 Å². The Hall–Kier alpha value is -2.14. The van der Waals surface area contributed by atoms with Crippen LogP contribution in [-0.4, -0.2) is 23.2 Å². The summed E-state index contributed by atoms with van der Waals surface area (Å²) in [6.45, 7) is 3.05. The molecular formula is C16H18N2O2S. The zero-order chi connectivity index (χ0) is 15.1. The lowest BCUT2D eigenvalue weighted by Gasteiger charge is -2.13. The van der Waals surface area contributed by atoms with Gasteiger partial charge in [-0.25, -0.2) is 0 Å². The third-order valence-electron chi connectivity index (χ3n) is 2.93. The van der Waals surface area contributed by atoms with E-state index in [1.54, 1.807) is 12.4 Å². The monoisotopic (exact) mass is 302 g/mol. The molecule has 0 bridgehead atoms. The topological polar surface area (TPSA) is 57.4 Å². The van der Waals surface area contributed by atoms with Crippen molar-refractivity contribution in [1.29, 1.82) is 0 Å². The Balaban J connectivity index is 2.03. The zero-order valence-corrected chi connectivity index (χ0v) is 12.7. The van der Waals surface area contributed by atoms with Gasteiger partial charge in [0.05, 0.1) is 13.2 Å². The Morgan fingerprint density at radius 3 is 2.57 bits per heavy atom. The minimum Gasteiger partial charge on any atom is -0.490 e. The summed E-state index contributed by atoms with van der Waals surface area (Å²) in [4.78, 5) is 4.34. The molecule has 0 saturated carbocycles. The predicted octanol–water partition coefficient (Wildman–Crippen LogP) is 2.74. The summed E-state index contributed by atoms with van der Waals surface area (Å²) in [6.07, 6.45) is 4.36. The van der Waals surface area contributed by atoms with Crippen LogP contribution in [0.1, 0.15) is 18.1 Å². The van der Waals surface area contributed by atoms with Crippen molar-refractivity contribution in [1.82, 2.24) is 4.98 Å². The average Bonchev–Trinajstić information content (AvgIpc) is 2.50. The summed E-state index contributed by atoms with van der Waals surface area (Å²) in [6, 6.07) is 9.44. The maximum atomic E-state index is 5.80. The van der Waals surface area contributed by atoms with Gasteiger partial charge in [0, 0.05) is 24.4 Å². The van der Waals surface area contributed by atoms with Gasteiger partial charge in [-0.15, -0.1) is 0 Å². The highest BCUT2D eigenvalue weighted by Gasteiger charge is 2.08. The van der Waals surface area contributed by atoms with Gasteiger partial charge in [-0.1, -0.05) is 12.2 Å². The van der Waals surface area contributed by atoms with Gasteiger partial charge in [-0.05, 0) is 42.8 Å². The summed E-state index contributed by atoms with van der Waals surface area (Å²) in [5.41, 5.74) is 7.59. The lowest BCUT2D eigenvalue weighted by atomic mass is 10.2. The fourth-order valence-electron chi connectivity index (χ4n) is 1.88. The van der Waals surface area contributed by atoms with Crippen molar-refractivity contribution >= 4 is 17.2 Å². The molecule has 5 heteroatoms. The highest BCUT2D eigenvalue weighted by molar-refractivity contribution is 7.80. The van der Waals surface area contributed by atoms with Crippen LogP contribution in [0.25, 0.3) is 0 Å². The van der Waals surface area contributed by atoms with Crippen LogP contribution in [0, 0.1) is 0 Å². The molecule has 2 rings (SSSR count). The minimum atomic E-state index is 0.347. The number of benzene rings is 1. The molecule has 0 atom stereocenters. The molecular weight excluding hydrogens is 284 g/mol. The molecule has 0 fully saturated rings. The fourth-order valence-corrected chi connectivity index (χ4v) is 2.00. The second-order valence-electron chi connectivity index (χ2n) is 4.41. The SMILES string of the molecule is CCOc1cc(C(N)=S)ccc1OCCc1ccncc1. The maximum absolute atomic E-state index is 5.80. The number of pyridine rings is 1. The Labute approximate surface area is 129 Å². The van der Waals surface area contributed by atoms with E-state index in [4.69, 9.17) is 27.4 Å². The average molecular weight is 302 g/mol. The van der Waals surface area contributed by atoms with Gasteiger partial charge in [0.25, 0.3) is 0 Å². The number of aromatic nitrogens is 1. The quantitative estimate of drug-likeness (QED) is 0.797. The number of rotatable bonds is 7. The predicted molar refractivity (Wildman–Crippen MR) is 86.9 cm³/mol. The molecule has 0 aliphatic carbocycles. The second kappa shape index (κ2) is 7.59. The Morgan fingerprint density at radius 1 is 1.14 bits per heavy atom. The fraction of sp³-hybridized carbons (Fsp3) is 0.250. The van der Waals surface area contributed by atoms with Crippen molar-refractivity contribution in [3.05, 3.63) is 53.9 Å². The first-order valence-corrected chi connectivity index (χ1v) is 7.20. The number of hydrogen-bond acceptors (Lipinski definition) is 4. The number of thiocarbonyl (C=S) groups is 1. The first-order chi connectivity index (χ1) is 10.2. The third-order valence-corrected chi connectivity index (χ3v) is 3.16. The van der Waals surface area contributed by atoms with Crippen LogP contribution in [0.15, 0.2) is 42.7 Å². The van der Waals surface area contributed by atoms with E-state index in [0.29, 0.717) is 29.7 Å². The number of nitrogens with zero attached hydrogens (tertiary/aromatic N) is 1. The van der Waals surface area contributed by atoms with E-state index in [1.165, 1.54) is 5.56 Å². The van der Waals surface area contributed by atoms with Crippen LogP contribution in [0.2, 0.25) is 0 Å². The van der Waals surface area contributed by atoms with E-state index >= 15 is 0 Å². The van der Waals surface area contributed by atoms with Crippen LogP contribution in [-0.2, 0) is 6.42 Å². The van der Waals surface area contributed by atoms with Gasteiger partial charge in [-0.2, -0.15) is 0 Å². The van der Waals surface area contributed by atoms with Gasteiger partial charge in [0.1, 0.15) is 4.99 Å². The van der Waals surface area contributed by atoms with E-state index in [-0.39, 0.29) is 0 Å². The van der Waals surface area contributed by atoms with Crippen molar-refractivity contribution in [2.75, 3.05) is 13.2 Å². The molecule has 1 heterocycles. The molecule has 4 nitrogen and oxygen atoms in total. The lowest BCUT2D eigenvalue weighted by molar-refractivity contribution is 0.279. The van der Waals surface area contributed by atoms with E-state index in [2.05, 4.69) is 4.98 Å². The summed E-state index contributed by atoms with van der Waals surface area (Å²) in [7, 11) is 0. The van der Waals surface area contributed by atoms with Crippen molar-refractivity contribution in [2.45, 2.75) is 13.3 Å². The standard InChI is InChI=1S/C16H18N2O2S/c1-2-19-15-11-13(16(17)21)3-4-14(15)20-10-7-12-5-8-18-9-6-12/h3-6,8-9,11H,2,7,10H2,1H3,(H2,17,21). The molecule has 0 saturated heterocycles. The number of nitrogens with two attached hydrogens (primary N) is 1. The summed E-state index contributed by atoms with van der Waals surface area (Å²) < 4.78 is 11.4. The van der Waals surface area contributed by atoms with Gasteiger partial charge < -0.3 is 15.2 Å². The van der Waals surface area contributed by atoms with Crippen LogP contribution in [0.4, 0.5) is 0 Å². The molecule has 2 aromatic rings. The van der Waals surface area contributed by atoms with E-state index in [0.717, 1.165) is 12.0 Å². The zero-order valence-electron chi connectivity index (χ0n) is 11.9. The van der Waals surface area contributed by atoms with Crippen LogP contribution < -0.4 is 15.2 Å². The summed E-state index contributed by atoms with van der Waals surface area (Å²) >= 11 is 4.98. The molecule has 0 aliphatic heterocycles. The Morgan fingerprint density at radius 2 is 1.90 bits per heavy atom. The largest absolute Gasteiger partial charge is 0.490 e. The molecule has 0 aliphatic rings. The third kappa shape index (κ3) is 4.43. The smallest absolute Gasteiger partial charge is 0.161 e. The lowest BCUT2D eigenvalue weighted by Crippen LogP contribution is -2.10. The van der Waals surface area contributed by atoms with Crippen molar-refractivity contribution in [3.63, 3.8) is 0 Å². The highest BCUT2D eigenvalue weighted by atomic mass is 32.1. The summed E-state index contributed by atoms with van der Waals surface area (Å²) in [5, 5.41) is 0. The van der Waals surface area contributed by atoms with E-state index < -0.39 is 0 Å². The normalized spacial score (nSPS) is 10.1. The minimum absolute atomic E-state index is 0.347. The molecule has 1 aromatic carbocycles. The van der Waals surface area contributed by atoms with Crippen LogP contribution >= 0.6 is 12.2 Å². The molecule has 0 unspecified atom stereocenters. The molecule has 21 heavy (non-hydrogen) atoms. The van der Waals surface area contributed by atoms with Crippen LogP contribution in [0.5, 0.6) is 11.5 Å². The molecule has 1 aromatic heterocycles. The summed E-state index contributed by atoms with van der Waals surface area (Å²) in [5.74, 6) is 1.36. The van der Waals surface area contributed by atoms with E-state index in [9.17, 15) is 0 Å². The molecule has 0 spiro atoms. The van der Waals surface area contributed by atoms with Crippen molar-refractivity contribution in [3.8, 4) is 11.5 Å². The molecule has 110 valence electrons. The van der Waals surface area contributed by atoms with Crippen molar-refractivity contribution < 1.29 is 9.47 Å². The Kier molecular flexibility index (Phi) is 5.51. The van der Waals surface area contributed by atoms with Gasteiger partial charge in [0.15, 0.2) is 11.5 Å². The first-order valence-electron chi connectivity index (χ1n) is 6.79. The first kappa shape index (κ1) is 15.3. The molecule has 2 N–H and O–H groups in total. The molecule has 0 amide bonds. The van der Waals surface area contributed by atoms with Gasteiger partial charge >= 0.3 is 0 Å². The Bertz CT molecular complexity index is 602. The van der Waals surface area contributed by atoms with Crippen molar-refractivity contribution in [2.24, 2.45) is 5.73 Å².